The molecule has 22 heavy (non-hydrogen) atoms. The smallest absolute Gasteiger partial charge is 0.345 e. The Bertz CT molecular complexity index is 891. The highest BCUT2D eigenvalue weighted by molar-refractivity contribution is 7.20. The number of nitrogens with zero attached hydrogens (tertiary/aromatic N) is 1. The molecule has 1 N–H and O–H groups in total. The second-order valence-electron chi connectivity index (χ2n) is 6.47. The molecule has 4 heteroatoms. The molecule has 3 aromatic rings. The molecule has 3 nitrogen and oxygen atoms in total. The third kappa shape index (κ3) is 2.10. The van der Waals surface area contributed by atoms with Crippen LogP contribution in [-0.2, 0) is 5.41 Å². The Morgan fingerprint density at radius 2 is 1.95 bits per heavy atom. The maximum absolute atomic E-state index is 11.1. The number of hydrogen-bond acceptors (Lipinski definition) is 3. The Balaban J connectivity index is 1.88. The highest BCUT2D eigenvalue weighted by Crippen LogP contribution is 2.41. The molecule has 4 rings (SSSR count). The van der Waals surface area contributed by atoms with E-state index in [1.807, 2.05) is 0 Å². The van der Waals surface area contributed by atoms with Crippen LogP contribution in [0, 0.1) is 0 Å². The molecule has 1 aromatic carbocycles. The van der Waals surface area contributed by atoms with E-state index in [0.717, 1.165) is 21.1 Å². The van der Waals surface area contributed by atoms with E-state index < -0.39 is 5.97 Å². The average molecular weight is 311 g/mol. The number of carboxylic acid groups (broad SMARTS) is 1. The van der Waals surface area contributed by atoms with Crippen LogP contribution in [0.5, 0.6) is 0 Å². The van der Waals surface area contributed by atoms with Gasteiger partial charge in [-0.15, -0.1) is 11.3 Å². The first-order valence-electron chi connectivity index (χ1n) is 7.63. The third-order valence-electron chi connectivity index (χ3n) is 4.92. The summed E-state index contributed by atoms with van der Waals surface area (Å²) in [6, 6.07) is 10.3. The first kappa shape index (κ1) is 13.7. The van der Waals surface area contributed by atoms with Crippen molar-refractivity contribution in [3.63, 3.8) is 0 Å². The number of thiophene rings is 1. The zero-order chi connectivity index (χ0) is 15.3. The van der Waals surface area contributed by atoms with Crippen molar-refractivity contribution in [2.75, 3.05) is 0 Å². The summed E-state index contributed by atoms with van der Waals surface area (Å²) in [7, 11) is 0. The molecule has 0 amide bonds. The molecular weight excluding hydrogens is 294 g/mol. The molecule has 0 saturated heterocycles. The summed E-state index contributed by atoms with van der Waals surface area (Å²) in [5.74, 6) is -0.883. The summed E-state index contributed by atoms with van der Waals surface area (Å²) >= 11 is 1.24. The van der Waals surface area contributed by atoms with Gasteiger partial charge in [0.2, 0.25) is 0 Å². The average Bonchev–Trinajstić information content (AvgIpc) is 3.11. The van der Waals surface area contributed by atoms with Crippen LogP contribution in [0.4, 0.5) is 0 Å². The highest BCUT2D eigenvalue weighted by atomic mass is 32.1. The number of rotatable bonds is 2. The van der Waals surface area contributed by atoms with E-state index in [-0.39, 0.29) is 5.41 Å². The Morgan fingerprint density at radius 1 is 1.18 bits per heavy atom. The fourth-order valence-corrected chi connectivity index (χ4v) is 4.42. The highest BCUT2D eigenvalue weighted by Gasteiger charge is 2.30. The van der Waals surface area contributed by atoms with Crippen molar-refractivity contribution in [1.29, 1.82) is 0 Å². The topological polar surface area (TPSA) is 50.2 Å². The lowest BCUT2D eigenvalue weighted by atomic mass is 9.80. The van der Waals surface area contributed by atoms with Gasteiger partial charge in [0.05, 0.1) is 5.52 Å². The van der Waals surface area contributed by atoms with E-state index >= 15 is 0 Å². The Morgan fingerprint density at radius 3 is 2.68 bits per heavy atom. The predicted octanol–water partition coefficient (Wildman–Crippen LogP) is 4.98. The molecule has 0 radical (unpaired) electrons. The number of carboxylic acids is 1. The molecule has 2 aromatic heterocycles. The minimum atomic E-state index is -0.883. The molecular formula is C18H17NO2S. The van der Waals surface area contributed by atoms with E-state index in [1.54, 1.807) is 6.07 Å². The summed E-state index contributed by atoms with van der Waals surface area (Å²) in [5.41, 5.74) is 2.60. The van der Waals surface area contributed by atoms with Gasteiger partial charge >= 0.3 is 5.97 Å². The monoisotopic (exact) mass is 311 g/mol. The number of fused-ring (bicyclic) bond motifs is 2. The Labute approximate surface area is 132 Å². The van der Waals surface area contributed by atoms with E-state index in [4.69, 9.17) is 5.11 Å². The van der Waals surface area contributed by atoms with Crippen molar-refractivity contribution >= 4 is 38.4 Å². The van der Waals surface area contributed by atoms with Gasteiger partial charge < -0.3 is 5.11 Å². The Hall–Kier alpha value is -1.94. The normalized spacial score (nSPS) is 17.3. The third-order valence-corrected chi connectivity index (χ3v) is 5.95. The minimum Gasteiger partial charge on any atom is -0.477 e. The van der Waals surface area contributed by atoms with Gasteiger partial charge in [0.25, 0.3) is 0 Å². The van der Waals surface area contributed by atoms with Crippen molar-refractivity contribution in [1.82, 2.24) is 4.98 Å². The second-order valence-corrected chi connectivity index (χ2v) is 7.50. The first-order valence-corrected chi connectivity index (χ1v) is 8.45. The van der Waals surface area contributed by atoms with Crippen LogP contribution >= 0.6 is 11.3 Å². The van der Waals surface area contributed by atoms with Crippen molar-refractivity contribution in [3.8, 4) is 0 Å². The maximum Gasteiger partial charge on any atom is 0.345 e. The molecule has 112 valence electrons. The Kier molecular flexibility index (Phi) is 2.98. The largest absolute Gasteiger partial charge is 0.477 e. The summed E-state index contributed by atoms with van der Waals surface area (Å²) in [6.45, 7) is 2.35. The molecule has 0 atom stereocenters. The van der Waals surface area contributed by atoms with Gasteiger partial charge in [-0.1, -0.05) is 25.8 Å². The van der Waals surface area contributed by atoms with Gasteiger partial charge in [-0.25, -0.2) is 9.78 Å². The standard InChI is InChI=1S/C18H17NO2S/c1-18(6-2-3-7-18)13-4-5-14-11(9-13)8-12-10-15(17(20)21)22-16(12)19-14/h4-5,8-10H,2-3,6-7H2,1H3,(H,20,21). The molecule has 0 unspecified atom stereocenters. The molecule has 1 saturated carbocycles. The predicted molar refractivity (Wildman–Crippen MR) is 89.9 cm³/mol. The molecule has 0 spiro atoms. The van der Waals surface area contributed by atoms with Gasteiger partial charge in [-0.05, 0) is 48.1 Å². The lowest BCUT2D eigenvalue weighted by molar-refractivity contribution is 0.0702. The number of carbonyl (C=O) groups is 1. The molecule has 0 aliphatic heterocycles. The summed E-state index contributed by atoms with van der Waals surface area (Å²) in [6.07, 6.45) is 5.10. The van der Waals surface area contributed by atoms with E-state index in [2.05, 4.69) is 36.2 Å². The molecule has 1 aliphatic rings. The lowest BCUT2D eigenvalue weighted by Crippen LogP contribution is -2.16. The molecule has 1 fully saturated rings. The SMILES string of the molecule is CC1(c2ccc3nc4sc(C(=O)O)cc4cc3c2)CCCC1. The van der Waals surface area contributed by atoms with E-state index in [0.29, 0.717) is 4.88 Å². The van der Waals surface area contributed by atoms with Gasteiger partial charge in [0.1, 0.15) is 9.71 Å². The maximum atomic E-state index is 11.1. The van der Waals surface area contributed by atoms with Crippen LogP contribution in [0.2, 0.25) is 0 Å². The van der Waals surface area contributed by atoms with Gasteiger partial charge in [-0.3, -0.25) is 0 Å². The minimum absolute atomic E-state index is 0.282. The van der Waals surface area contributed by atoms with Crippen LogP contribution < -0.4 is 0 Å². The number of benzene rings is 1. The summed E-state index contributed by atoms with van der Waals surface area (Å²) < 4.78 is 0. The van der Waals surface area contributed by atoms with Gasteiger partial charge in [0.15, 0.2) is 0 Å². The summed E-state index contributed by atoms with van der Waals surface area (Å²) in [5, 5.41) is 11.2. The number of pyridine rings is 1. The van der Waals surface area contributed by atoms with Crippen molar-refractivity contribution in [2.45, 2.75) is 38.0 Å². The summed E-state index contributed by atoms with van der Waals surface area (Å²) in [4.78, 5) is 16.9. The zero-order valence-electron chi connectivity index (χ0n) is 12.4. The first-order chi connectivity index (χ1) is 10.5. The zero-order valence-corrected chi connectivity index (χ0v) is 13.2. The van der Waals surface area contributed by atoms with E-state index in [9.17, 15) is 4.79 Å². The number of aromatic nitrogens is 1. The van der Waals surface area contributed by atoms with Gasteiger partial charge in [0, 0.05) is 10.8 Å². The lowest BCUT2D eigenvalue weighted by Gasteiger charge is -2.24. The fourth-order valence-electron chi connectivity index (χ4n) is 3.56. The van der Waals surface area contributed by atoms with Crippen molar-refractivity contribution in [2.24, 2.45) is 0 Å². The fraction of sp³-hybridized carbons (Fsp3) is 0.333. The van der Waals surface area contributed by atoms with Crippen LogP contribution in [0.15, 0.2) is 30.3 Å². The van der Waals surface area contributed by atoms with Crippen LogP contribution in [0.25, 0.3) is 21.1 Å². The van der Waals surface area contributed by atoms with E-state index in [1.165, 1.54) is 42.6 Å². The van der Waals surface area contributed by atoms with Crippen LogP contribution in [0.3, 0.4) is 0 Å². The number of aromatic carboxylic acids is 1. The second kappa shape index (κ2) is 4.78. The van der Waals surface area contributed by atoms with Crippen molar-refractivity contribution < 1.29 is 9.90 Å². The quantitative estimate of drug-likeness (QED) is 0.726. The molecule has 0 bridgehead atoms. The molecule has 2 heterocycles. The van der Waals surface area contributed by atoms with Crippen molar-refractivity contribution in [3.05, 3.63) is 40.8 Å². The van der Waals surface area contributed by atoms with Gasteiger partial charge in [-0.2, -0.15) is 0 Å². The molecule has 1 aliphatic carbocycles. The van der Waals surface area contributed by atoms with Crippen LogP contribution in [0.1, 0.15) is 47.8 Å². The number of hydrogen-bond donors (Lipinski definition) is 1. The van der Waals surface area contributed by atoms with Crippen LogP contribution in [-0.4, -0.2) is 16.1 Å².